The number of carbonyl (C=O) groups excluding carboxylic acids is 4. The van der Waals surface area contributed by atoms with Crippen LogP contribution in [0.25, 0.3) is 0 Å². The zero-order chi connectivity index (χ0) is 33.6. The van der Waals surface area contributed by atoms with Gasteiger partial charge in [-0.2, -0.15) is 13.2 Å². The maximum Gasteiger partial charge on any atom is 0.416 e. The number of nitrogens with one attached hydrogen (secondary N) is 1. The maximum atomic E-state index is 13.9. The highest BCUT2D eigenvalue weighted by molar-refractivity contribution is 8.00. The van der Waals surface area contributed by atoms with Crippen molar-refractivity contribution in [3.63, 3.8) is 0 Å². The normalized spacial score (nSPS) is 18.9. The van der Waals surface area contributed by atoms with Gasteiger partial charge in [0.15, 0.2) is 0 Å². The van der Waals surface area contributed by atoms with Crippen molar-refractivity contribution in [1.82, 2.24) is 4.57 Å². The number of hydrogen-bond acceptors (Lipinski definition) is 8. The van der Waals surface area contributed by atoms with Crippen LogP contribution in [-0.2, 0) is 31.8 Å². The Labute approximate surface area is 272 Å². The number of imide groups is 1. The average molecular weight is 686 g/mol. The van der Waals surface area contributed by atoms with Crippen molar-refractivity contribution in [3.05, 3.63) is 110 Å². The van der Waals surface area contributed by atoms with Crippen molar-refractivity contribution < 1.29 is 41.5 Å². The second kappa shape index (κ2) is 12.4. The standard InChI is InChI=1S/C32H23F4N3O6S2/c1-2-45-30(43)17-8-12-20(13-9-17)37-22(40)15-38-29-26(47-31(38)44)23(16-6-10-19(33)11-7-16)24-25(46-29)28(42)39(27(24)41)21-5-3-4-18(14-21)32(34,35)36/h3-14,23-25H,2,15H2,1H3,(H,37,40)/t23-,24+,25-/m0/s1. The lowest BCUT2D eigenvalue weighted by molar-refractivity contribution is -0.137. The van der Waals surface area contributed by atoms with E-state index in [1.165, 1.54) is 47.0 Å². The highest BCUT2D eigenvalue weighted by Crippen LogP contribution is 2.54. The molecule has 1 fully saturated rings. The van der Waals surface area contributed by atoms with Gasteiger partial charge in [-0.25, -0.2) is 14.1 Å². The number of halogens is 4. The van der Waals surface area contributed by atoms with E-state index >= 15 is 0 Å². The molecule has 0 unspecified atom stereocenters. The van der Waals surface area contributed by atoms with Gasteiger partial charge in [0.2, 0.25) is 17.7 Å². The molecule has 0 bridgehead atoms. The number of thiazole rings is 1. The number of alkyl halides is 3. The topological polar surface area (TPSA) is 115 Å². The zero-order valence-electron chi connectivity index (χ0n) is 24.2. The Morgan fingerprint density at radius 1 is 0.957 bits per heavy atom. The third kappa shape index (κ3) is 6.07. The molecule has 4 aromatic rings. The van der Waals surface area contributed by atoms with Gasteiger partial charge in [-0.3, -0.25) is 23.7 Å². The lowest BCUT2D eigenvalue weighted by Gasteiger charge is -2.30. The Hall–Kier alpha value is -4.76. The minimum Gasteiger partial charge on any atom is -0.462 e. The van der Waals surface area contributed by atoms with Crippen LogP contribution in [0.1, 0.15) is 39.2 Å². The van der Waals surface area contributed by atoms with E-state index in [2.05, 4.69) is 5.32 Å². The lowest BCUT2D eigenvalue weighted by Crippen LogP contribution is -2.33. The summed E-state index contributed by atoms with van der Waals surface area (Å²) in [6.45, 7) is 1.40. The van der Waals surface area contributed by atoms with E-state index in [1.54, 1.807) is 6.92 Å². The number of rotatable bonds is 7. The van der Waals surface area contributed by atoms with Crippen LogP contribution >= 0.6 is 23.1 Å². The number of nitrogens with zero attached hydrogens (tertiary/aromatic N) is 2. The molecule has 3 atom stereocenters. The third-order valence-electron chi connectivity index (χ3n) is 7.69. The van der Waals surface area contributed by atoms with Crippen molar-refractivity contribution in [2.75, 3.05) is 16.8 Å². The number of anilines is 2. The molecule has 0 saturated carbocycles. The summed E-state index contributed by atoms with van der Waals surface area (Å²) >= 11 is 1.66. The summed E-state index contributed by atoms with van der Waals surface area (Å²) in [5.74, 6) is -5.29. The molecular weight excluding hydrogens is 662 g/mol. The predicted molar refractivity (Wildman–Crippen MR) is 165 cm³/mol. The number of thioether (sulfide) groups is 1. The summed E-state index contributed by atoms with van der Waals surface area (Å²) in [5, 5.41) is 1.74. The quantitative estimate of drug-likeness (QED) is 0.151. The second-order valence-corrected chi connectivity index (χ2v) is 12.7. The first-order chi connectivity index (χ1) is 22.4. The SMILES string of the molecule is CCOC(=O)c1ccc(NC(=O)Cn2c3c(sc2=O)[C@@H](c2ccc(F)cc2)[C@H]2C(=O)N(c4cccc(C(F)(F)F)c4)C(=O)[C@H]2S3)cc1. The van der Waals surface area contributed by atoms with Gasteiger partial charge in [-0.1, -0.05) is 41.3 Å². The zero-order valence-corrected chi connectivity index (χ0v) is 25.9. The van der Waals surface area contributed by atoms with Crippen molar-refractivity contribution in [1.29, 1.82) is 0 Å². The fourth-order valence-electron chi connectivity index (χ4n) is 5.61. The van der Waals surface area contributed by atoms with Crippen molar-refractivity contribution in [3.8, 4) is 0 Å². The average Bonchev–Trinajstić information content (AvgIpc) is 3.47. The first kappa shape index (κ1) is 32.2. The summed E-state index contributed by atoms with van der Waals surface area (Å²) in [4.78, 5) is 66.6. The van der Waals surface area contributed by atoms with Crippen LogP contribution in [0, 0.1) is 11.7 Å². The van der Waals surface area contributed by atoms with Crippen LogP contribution in [0.2, 0.25) is 0 Å². The number of carbonyl (C=O) groups is 4. The molecule has 0 spiro atoms. The summed E-state index contributed by atoms with van der Waals surface area (Å²) in [6, 6.07) is 15.0. The predicted octanol–water partition coefficient (Wildman–Crippen LogP) is 5.68. The number of esters is 1. The van der Waals surface area contributed by atoms with E-state index in [0.29, 0.717) is 16.1 Å². The fraction of sp³-hybridized carbons (Fsp3) is 0.219. The number of fused-ring (bicyclic) bond motifs is 2. The van der Waals surface area contributed by atoms with Gasteiger partial charge in [0, 0.05) is 16.5 Å². The van der Waals surface area contributed by atoms with Crippen molar-refractivity contribution in [2.24, 2.45) is 5.92 Å². The molecule has 242 valence electrons. The van der Waals surface area contributed by atoms with Gasteiger partial charge in [0.1, 0.15) is 17.6 Å². The van der Waals surface area contributed by atoms with Gasteiger partial charge in [-0.05, 0) is 67.1 Å². The molecule has 3 amide bonds. The number of amides is 3. The van der Waals surface area contributed by atoms with E-state index < -0.39 is 69.8 Å². The number of ether oxygens (including phenoxy) is 1. The van der Waals surface area contributed by atoms with Crippen LogP contribution < -0.4 is 15.1 Å². The minimum atomic E-state index is -4.72. The van der Waals surface area contributed by atoms with Gasteiger partial charge in [-0.15, -0.1) is 0 Å². The number of hydrogen-bond donors (Lipinski definition) is 1. The van der Waals surface area contributed by atoms with E-state index in [-0.39, 0.29) is 22.9 Å². The Kier molecular flexibility index (Phi) is 8.53. The van der Waals surface area contributed by atoms with Gasteiger partial charge >= 0.3 is 17.0 Å². The molecule has 9 nitrogen and oxygen atoms in total. The van der Waals surface area contributed by atoms with Gasteiger partial charge < -0.3 is 10.1 Å². The highest BCUT2D eigenvalue weighted by Gasteiger charge is 2.57. The van der Waals surface area contributed by atoms with Gasteiger partial charge in [0.25, 0.3) is 0 Å². The van der Waals surface area contributed by atoms with Crippen LogP contribution in [0.15, 0.2) is 82.6 Å². The third-order valence-corrected chi connectivity index (χ3v) is 10.3. The number of benzene rings is 3. The van der Waals surface area contributed by atoms with E-state index in [9.17, 15) is 41.5 Å². The molecule has 6 rings (SSSR count). The van der Waals surface area contributed by atoms with Crippen LogP contribution in [0.5, 0.6) is 0 Å². The largest absolute Gasteiger partial charge is 0.462 e. The molecule has 0 aliphatic carbocycles. The first-order valence-corrected chi connectivity index (χ1v) is 15.8. The van der Waals surface area contributed by atoms with Crippen LogP contribution in [-0.4, -0.2) is 40.1 Å². The summed E-state index contributed by atoms with van der Waals surface area (Å²) in [5.41, 5.74) is -0.264. The molecule has 2 aliphatic heterocycles. The second-order valence-electron chi connectivity index (χ2n) is 10.6. The Morgan fingerprint density at radius 3 is 2.32 bits per heavy atom. The molecule has 1 N–H and O–H groups in total. The maximum absolute atomic E-state index is 13.9. The minimum absolute atomic E-state index is 0.196. The summed E-state index contributed by atoms with van der Waals surface area (Å²) < 4.78 is 60.5. The molecular formula is C32H23F4N3O6S2. The Morgan fingerprint density at radius 2 is 1.66 bits per heavy atom. The van der Waals surface area contributed by atoms with E-state index in [0.717, 1.165) is 58.3 Å². The lowest BCUT2D eigenvalue weighted by atomic mass is 9.83. The molecule has 3 aromatic carbocycles. The highest BCUT2D eigenvalue weighted by atomic mass is 32.2. The molecule has 1 saturated heterocycles. The fourth-order valence-corrected chi connectivity index (χ4v) is 8.38. The Balaban J connectivity index is 1.34. The molecule has 3 heterocycles. The molecule has 47 heavy (non-hydrogen) atoms. The Bertz CT molecular complexity index is 1960. The molecule has 2 aliphatic rings. The first-order valence-electron chi connectivity index (χ1n) is 14.1. The van der Waals surface area contributed by atoms with Crippen molar-refractivity contribution in [2.45, 2.75) is 35.8 Å². The molecule has 1 aromatic heterocycles. The summed E-state index contributed by atoms with van der Waals surface area (Å²) in [7, 11) is 0. The monoisotopic (exact) mass is 685 g/mol. The van der Waals surface area contributed by atoms with Gasteiger partial charge in [0.05, 0.1) is 34.4 Å². The van der Waals surface area contributed by atoms with Crippen LogP contribution in [0.3, 0.4) is 0 Å². The summed E-state index contributed by atoms with van der Waals surface area (Å²) in [6.07, 6.45) is -4.72. The smallest absolute Gasteiger partial charge is 0.416 e. The van der Waals surface area contributed by atoms with Crippen molar-refractivity contribution >= 4 is 58.2 Å². The number of aromatic nitrogens is 1. The molecule has 0 radical (unpaired) electrons. The van der Waals surface area contributed by atoms with Crippen LogP contribution in [0.4, 0.5) is 28.9 Å². The van der Waals surface area contributed by atoms with E-state index in [4.69, 9.17) is 4.74 Å². The van der Waals surface area contributed by atoms with E-state index in [1.807, 2.05) is 0 Å². The molecule has 15 heteroatoms.